The number of nitrogens with two attached hydrogens (primary N) is 1. The first-order chi connectivity index (χ1) is 8.61. The minimum atomic E-state index is -0.787. The number of hydrogen-bond acceptors (Lipinski definition) is 3. The van der Waals surface area contributed by atoms with Gasteiger partial charge in [0.1, 0.15) is 5.60 Å². The third-order valence-electron chi connectivity index (χ3n) is 4.60. The standard InChI is InChI=1S/C15H22N2O/c1-10-6-7-17-14(8-10)15(18)9-13(16)11-4-2-3-5-12(11)15/h2-5,10,13-14,17-18H,6-9,16H2,1H3. The van der Waals surface area contributed by atoms with Crippen LogP contribution in [0.2, 0.25) is 0 Å². The maximum Gasteiger partial charge on any atom is 0.107 e. The van der Waals surface area contributed by atoms with Gasteiger partial charge < -0.3 is 16.2 Å². The first-order valence-electron chi connectivity index (χ1n) is 6.92. The highest BCUT2D eigenvalue weighted by Gasteiger charge is 2.47. The summed E-state index contributed by atoms with van der Waals surface area (Å²) in [7, 11) is 0. The second-order valence-corrected chi connectivity index (χ2v) is 5.96. The molecule has 3 nitrogen and oxygen atoms in total. The number of rotatable bonds is 1. The smallest absolute Gasteiger partial charge is 0.107 e. The van der Waals surface area contributed by atoms with Crippen LogP contribution < -0.4 is 11.1 Å². The highest BCUT2D eigenvalue weighted by Crippen LogP contribution is 2.46. The van der Waals surface area contributed by atoms with Crippen molar-refractivity contribution in [3.8, 4) is 0 Å². The van der Waals surface area contributed by atoms with E-state index < -0.39 is 5.60 Å². The van der Waals surface area contributed by atoms with E-state index in [-0.39, 0.29) is 12.1 Å². The highest BCUT2D eigenvalue weighted by molar-refractivity contribution is 5.41. The van der Waals surface area contributed by atoms with Gasteiger partial charge in [0, 0.05) is 18.5 Å². The second kappa shape index (κ2) is 4.34. The van der Waals surface area contributed by atoms with Gasteiger partial charge in [-0.1, -0.05) is 31.2 Å². The molecule has 0 saturated carbocycles. The number of hydrogen-bond donors (Lipinski definition) is 3. The Morgan fingerprint density at radius 3 is 2.94 bits per heavy atom. The summed E-state index contributed by atoms with van der Waals surface area (Å²) >= 11 is 0. The van der Waals surface area contributed by atoms with E-state index in [0.29, 0.717) is 12.3 Å². The fraction of sp³-hybridized carbons (Fsp3) is 0.600. The SMILES string of the molecule is CC1CCNC(C2(O)CC(N)c3ccccc32)C1. The molecule has 1 aliphatic carbocycles. The molecule has 1 saturated heterocycles. The molecule has 1 aromatic carbocycles. The summed E-state index contributed by atoms with van der Waals surface area (Å²) in [5.74, 6) is 0.671. The first-order valence-corrected chi connectivity index (χ1v) is 6.92. The predicted octanol–water partition coefficient (Wildman–Crippen LogP) is 1.67. The third-order valence-corrected chi connectivity index (χ3v) is 4.60. The van der Waals surface area contributed by atoms with Crippen LogP contribution in [0.4, 0.5) is 0 Å². The summed E-state index contributed by atoms with van der Waals surface area (Å²) in [4.78, 5) is 0. The van der Waals surface area contributed by atoms with E-state index in [1.165, 1.54) is 6.42 Å². The molecule has 3 heteroatoms. The Hall–Kier alpha value is -0.900. The van der Waals surface area contributed by atoms with Crippen molar-refractivity contribution >= 4 is 0 Å². The van der Waals surface area contributed by atoms with Crippen molar-refractivity contribution in [3.05, 3.63) is 35.4 Å². The number of fused-ring (bicyclic) bond motifs is 1. The highest BCUT2D eigenvalue weighted by atomic mass is 16.3. The molecule has 0 spiro atoms. The Labute approximate surface area is 108 Å². The Morgan fingerprint density at radius 2 is 2.17 bits per heavy atom. The lowest BCUT2D eigenvalue weighted by molar-refractivity contribution is -0.0206. The van der Waals surface area contributed by atoms with Gasteiger partial charge in [0.2, 0.25) is 0 Å². The van der Waals surface area contributed by atoms with Gasteiger partial charge in [-0.15, -0.1) is 0 Å². The van der Waals surface area contributed by atoms with Crippen LogP contribution in [0.5, 0.6) is 0 Å². The van der Waals surface area contributed by atoms with Crippen molar-refractivity contribution in [2.24, 2.45) is 11.7 Å². The van der Waals surface area contributed by atoms with Crippen LogP contribution in [0.3, 0.4) is 0 Å². The summed E-state index contributed by atoms with van der Waals surface area (Å²) in [6, 6.07) is 8.17. The predicted molar refractivity (Wildman–Crippen MR) is 72.1 cm³/mol. The second-order valence-electron chi connectivity index (χ2n) is 5.96. The molecule has 0 bridgehead atoms. The molecular weight excluding hydrogens is 224 g/mol. The lowest BCUT2D eigenvalue weighted by Crippen LogP contribution is -2.51. The molecule has 1 fully saturated rings. The zero-order valence-electron chi connectivity index (χ0n) is 10.9. The number of aliphatic hydroxyl groups is 1. The maximum absolute atomic E-state index is 11.1. The van der Waals surface area contributed by atoms with Gasteiger partial charge in [0.05, 0.1) is 0 Å². The van der Waals surface area contributed by atoms with Crippen LogP contribution in [0.15, 0.2) is 24.3 Å². The van der Waals surface area contributed by atoms with E-state index >= 15 is 0 Å². The monoisotopic (exact) mass is 246 g/mol. The van der Waals surface area contributed by atoms with Gasteiger partial charge in [-0.05, 0) is 36.4 Å². The lowest BCUT2D eigenvalue weighted by Gasteiger charge is -2.39. The molecular formula is C15H22N2O. The number of benzene rings is 1. The molecule has 0 aromatic heterocycles. The molecule has 18 heavy (non-hydrogen) atoms. The quantitative estimate of drug-likeness (QED) is 0.706. The fourth-order valence-corrected chi connectivity index (χ4v) is 3.57. The van der Waals surface area contributed by atoms with Gasteiger partial charge in [-0.2, -0.15) is 0 Å². The van der Waals surface area contributed by atoms with Crippen LogP contribution >= 0.6 is 0 Å². The first kappa shape index (κ1) is 12.2. The molecule has 0 amide bonds. The maximum atomic E-state index is 11.1. The molecule has 1 aromatic rings. The largest absolute Gasteiger partial charge is 0.383 e. The average molecular weight is 246 g/mol. The molecule has 3 rings (SSSR count). The fourth-order valence-electron chi connectivity index (χ4n) is 3.57. The van der Waals surface area contributed by atoms with Crippen molar-refractivity contribution in [2.75, 3.05) is 6.54 Å². The molecule has 2 aliphatic rings. The van der Waals surface area contributed by atoms with Crippen molar-refractivity contribution in [1.82, 2.24) is 5.32 Å². The minimum Gasteiger partial charge on any atom is -0.383 e. The number of nitrogens with one attached hydrogen (secondary N) is 1. The molecule has 98 valence electrons. The Kier molecular flexibility index (Phi) is 2.93. The van der Waals surface area contributed by atoms with Gasteiger partial charge in [-0.25, -0.2) is 0 Å². The summed E-state index contributed by atoms with van der Waals surface area (Å²) in [5.41, 5.74) is 7.53. The molecule has 0 radical (unpaired) electrons. The molecule has 1 aliphatic heterocycles. The van der Waals surface area contributed by atoms with Crippen molar-refractivity contribution < 1.29 is 5.11 Å². The van der Waals surface area contributed by atoms with E-state index in [1.807, 2.05) is 24.3 Å². The van der Waals surface area contributed by atoms with E-state index in [0.717, 1.165) is 24.1 Å². The van der Waals surface area contributed by atoms with Gasteiger partial charge in [0.15, 0.2) is 0 Å². The van der Waals surface area contributed by atoms with Gasteiger partial charge >= 0.3 is 0 Å². The zero-order chi connectivity index (χ0) is 12.8. The molecule has 1 heterocycles. The lowest BCUT2D eigenvalue weighted by atomic mass is 9.80. The topological polar surface area (TPSA) is 58.3 Å². The number of piperidine rings is 1. The van der Waals surface area contributed by atoms with E-state index in [9.17, 15) is 5.11 Å². The Bertz CT molecular complexity index is 448. The van der Waals surface area contributed by atoms with Crippen LogP contribution in [-0.2, 0) is 5.60 Å². The summed E-state index contributed by atoms with van der Waals surface area (Å²) in [5, 5.41) is 14.6. The van der Waals surface area contributed by atoms with E-state index in [2.05, 4.69) is 12.2 Å². The molecule has 4 unspecified atom stereocenters. The Morgan fingerprint density at radius 1 is 1.39 bits per heavy atom. The third kappa shape index (κ3) is 1.78. The molecule has 4 atom stereocenters. The molecule has 4 N–H and O–H groups in total. The van der Waals surface area contributed by atoms with Gasteiger partial charge in [0.25, 0.3) is 0 Å². The van der Waals surface area contributed by atoms with Crippen molar-refractivity contribution in [1.29, 1.82) is 0 Å². The minimum absolute atomic E-state index is 0.0368. The summed E-state index contributed by atoms with van der Waals surface area (Å²) in [6.45, 7) is 3.25. The van der Waals surface area contributed by atoms with Crippen LogP contribution in [0.25, 0.3) is 0 Å². The van der Waals surface area contributed by atoms with Crippen LogP contribution in [0.1, 0.15) is 43.4 Å². The summed E-state index contributed by atoms with van der Waals surface area (Å²) in [6.07, 6.45) is 2.86. The van der Waals surface area contributed by atoms with Gasteiger partial charge in [-0.3, -0.25) is 0 Å². The Balaban J connectivity index is 1.96. The normalized spacial score (nSPS) is 39.6. The summed E-state index contributed by atoms with van der Waals surface area (Å²) < 4.78 is 0. The zero-order valence-corrected chi connectivity index (χ0v) is 10.9. The van der Waals surface area contributed by atoms with E-state index in [1.54, 1.807) is 0 Å². The van der Waals surface area contributed by atoms with Crippen LogP contribution in [-0.4, -0.2) is 17.7 Å². The van der Waals surface area contributed by atoms with E-state index in [4.69, 9.17) is 5.73 Å². The van der Waals surface area contributed by atoms with Crippen LogP contribution in [0, 0.1) is 5.92 Å². The average Bonchev–Trinajstić information content (AvgIpc) is 2.64. The van der Waals surface area contributed by atoms with Crippen molar-refractivity contribution in [2.45, 2.75) is 43.9 Å². The van der Waals surface area contributed by atoms with Crippen molar-refractivity contribution in [3.63, 3.8) is 0 Å².